The van der Waals surface area contributed by atoms with E-state index in [-0.39, 0.29) is 29.9 Å². The molecule has 0 radical (unpaired) electrons. The number of ether oxygens (including phenoxy) is 1. The Balaban J connectivity index is 1.37. The number of amides is 2. The van der Waals surface area contributed by atoms with Crippen LogP contribution in [0.15, 0.2) is 48.5 Å². The van der Waals surface area contributed by atoms with Crippen molar-refractivity contribution < 1.29 is 19.1 Å². The molecule has 2 amide bonds. The molecular formula is C25H29N3O4. The fraction of sp³-hybridized carbons (Fsp3) is 0.400. The van der Waals surface area contributed by atoms with Crippen molar-refractivity contribution in [2.45, 2.75) is 20.3 Å². The summed E-state index contributed by atoms with van der Waals surface area (Å²) >= 11 is 0. The van der Waals surface area contributed by atoms with Gasteiger partial charge in [-0.25, -0.2) is 0 Å². The lowest BCUT2D eigenvalue weighted by Crippen LogP contribution is -2.50. The van der Waals surface area contributed by atoms with Crippen LogP contribution in [0, 0.1) is 5.92 Å². The molecule has 0 bridgehead atoms. The Hall–Kier alpha value is -3.35. The molecular weight excluding hydrogens is 406 g/mol. The fourth-order valence-corrected chi connectivity index (χ4v) is 4.41. The number of piperazine rings is 1. The summed E-state index contributed by atoms with van der Waals surface area (Å²) in [5.41, 5.74) is 2.48. The SMILES string of the molecule is CCOc1ccccc1N1CC(C(=O)N2CCN(c3ccc(C(C)=O)cc3)CC2)CC1=O. The third kappa shape index (κ3) is 4.47. The van der Waals surface area contributed by atoms with Crippen LogP contribution in [0.2, 0.25) is 0 Å². The number of hydrogen-bond acceptors (Lipinski definition) is 5. The molecule has 0 aromatic heterocycles. The second-order valence-corrected chi connectivity index (χ2v) is 8.22. The van der Waals surface area contributed by atoms with Crippen LogP contribution in [-0.2, 0) is 9.59 Å². The standard InChI is InChI=1S/C25H29N3O4/c1-3-32-23-7-5-4-6-22(23)28-17-20(16-24(28)30)25(31)27-14-12-26(13-15-27)21-10-8-19(9-11-21)18(2)29/h4-11,20H,3,12-17H2,1-2H3. The zero-order valence-corrected chi connectivity index (χ0v) is 18.6. The minimum Gasteiger partial charge on any atom is -0.492 e. The second kappa shape index (κ2) is 9.42. The van der Waals surface area contributed by atoms with E-state index in [2.05, 4.69) is 4.90 Å². The lowest BCUT2D eigenvalue weighted by atomic mass is 10.1. The zero-order chi connectivity index (χ0) is 22.7. The number of para-hydroxylation sites is 2. The summed E-state index contributed by atoms with van der Waals surface area (Å²) in [5.74, 6) is 0.386. The molecule has 1 unspecified atom stereocenters. The Morgan fingerprint density at radius 1 is 1.00 bits per heavy atom. The first-order valence-corrected chi connectivity index (χ1v) is 11.1. The van der Waals surface area contributed by atoms with E-state index in [1.807, 2.05) is 60.4 Å². The van der Waals surface area contributed by atoms with Crippen LogP contribution in [-0.4, -0.2) is 61.8 Å². The summed E-state index contributed by atoms with van der Waals surface area (Å²) in [5, 5.41) is 0. The van der Waals surface area contributed by atoms with E-state index in [0.29, 0.717) is 37.6 Å². The van der Waals surface area contributed by atoms with E-state index in [9.17, 15) is 14.4 Å². The first-order chi connectivity index (χ1) is 15.5. The molecule has 2 fully saturated rings. The molecule has 2 aromatic carbocycles. The van der Waals surface area contributed by atoms with E-state index in [1.54, 1.807) is 11.8 Å². The fourth-order valence-electron chi connectivity index (χ4n) is 4.41. The van der Waals surface area contributed by atoms with Crippen molar-refractivity contribution in [3.8, 4) is 5.75 Å². The highest BCUT2D eigenvalue weighted by molar-refractivity contribution is 6.01. The number of Topliss-reactive ketones (excluding diaryl/α,β-unsaturated/α-hetero) is 1. The molecule has 32 heavy (non-hydrogen) atoms. The van der Waals surface area contributed by atoms with Gasteiger partial charge >= 0.3 is 0 Å². The maximum atomic E-state index is 13.2. The molecule has 168 valence electrons. The van der Waals surface area contributed by atoms with Crippen LogP contribution in [0.25, 0.3) is 0 Å². The summed E-state index contributed by atoms with van der Waals surface area (Å²) < 4.78 is 5.67. The number of ketones is 1. The van der Waals surface area contributed by atoms with Crippen molar-refractivity contribution in [2.24, 2.45) is 5.92 Å². The van der Waals surface area contributed by atoms with Crippen molar-refractivity contribution in [1.82, 2.24) is 4.90 Å². The quantitative estimate of drug-likeness (QED) is 0.653. The predicted octanol–water partition coefficient (Wildman–Crippen LogP) is 2.99. The monoisotopic (exact) mass is 435 g/mol. The summed E-state index contributed by atoms with van der Waals surface area (Å²) in [6, 6.07) is 15.1. The number of nitrogens with zero attached hydrogens (tertiary/aromatic N) is 3. The minimum absolute atomic E-state index is 0.0419. The topological polar surface area (TPSA) is 70.2 Å². The predicted molar refractivity (Wildman–Crippen MR) is 123 cm³/mol. The molecule has 4 rings (SSSR count). The van der Waals surface area contributed by atoms with Gasteiger partial charge in [-0.2, -0.15) is 0 Å². The molecule has 7 heteroatoms. The zero-order valence-electron chi connectivity index (χ0n) is 18.6. The second-order valence-electron chi connectivity index (χ2n) is 8.22. The highest BCUT2D eigenvalue weighted by Gasteiger charge is 2.38. The van der Waals surface area contributed by atoms with E-state index in [4.69, 9.17) is 4.74 Å². The first-order valence-electron chi connectivity index (χ1n) is 11.1. The molecule has 2 saturated heterocycles. The number of anilines is 2. The van der Waals surface area contributed by atoms with Crippen molar-refractivity contribution in [3.63, 3.8) is 0 Å². The summed E-state index contributed by atoms with van der Waals surface area (Å²) in [6.07, 6.45) is 0.228. The van der Waals surface area contributed by atoms with Gasteiger partial charge in [0.05, 0.1) is 18.2 Å². The molecule has 2 heterocycles. The van der Waals surface area contributed by atoms with Crippen molar-refractivity contribution in [2.75, 3.05) is 49.1 Å². The van der Waals surface area contributed by atoms with Gasteiger partial charge in [-0.3, -0.25) is 14.4 Å². The number of hydrogen-bond donors (Lipinski definition) is 0. The van der Waals surface area contributed by atoms with E-state index in [1.165, 1.54) is 0 Å². The van der Waals surface area contributed by atoms with Gasteiger partial charge in [0.2, 0.25) is 11.8 Å². The van der Waals surface area contributed by atoms with E-state index < -0.39 is 0 Å². The Morgan fingerprint density at radius 2 is 1.69 bits per heavy atom. The summed E-state index contributed by atoms with van der Waals surface area (Å²) in [6.45, 7) is 7.06. The molecule has 0 aliphatic carbocycles. The first kappa shape index (κ1) is 21.9. The third-order valence-electron chi connectivity index (χ3n) is 6.16. The van der Waals surface area contributed by atoms with Gasteiger partial charge in [0.1, 0.15) is 5.75 Å². The lowest BCUT2D eigenvalue weighted by Gasteiger charge is -2.37. The molecule has 2 aliphatic heterocycles. The summed E-state index contributed by atoms with van der Waals surface area (Å²) in [4.78, 5) is 43.1. The third-order valence-corrected chi connectivity index (χ3v) is 6.16. The highest BCUT2D eigenvalue weighted by Crippen LogP contribution is 2.33. The maximum absolute atomic E-state index is 13.2. The minimum atomic E-state index is -0.335. The van der Waals surface area contributed by atoms with Crippen LogP contribution in [0.1, 0.15) is 30.6 Å². The molecule has 2 aliphatic rings. The van der Waals surface area contributed by atoms with Gasteiger partial charge in [-0.15, -0.1) is 0 Å². The molecule has 1 atom stereocenters. The van der Waals surface area contributed by atoms with Crippen molar-refractivity contribution >= 4 is 29.0 Å². The Kier molecular flexibility index (Phi) is 6.44. The van der Waals surface area contributed by atoms with Gasteiger partial charge in [0, 0.05) is 50.4 Å². The average molecular weight is 436 g/mol. The van der Waals surface area contributed by atoms with Gasteiger partial charge in [-0.05, 0) is 50.2 Å². The van der Waals surface area contributed by atoms with Crippen LogP contribution < -0.4 is 14.5 Å². The van der Waals surface area contributed by atoms with Crippen molar-refractivity contribution in [3.05, 3.63) is 54.1 Å². The van der Waals surface area contributed by atoms with Crippen LogP contribution in [0.3, 0.4) is 0 Å². The smallest absolute Gasteiger partial charge is 0.228 e. The molecule has 0 spiro atoms. The van der Waals surface area contributed by atoms with E-state index in [0.717, 1.165) is 24.5 Å². The van der Waals surface area contributed by atoms with E-state index >= 15 is 0 Å². The Labute approximate surface area is 188 Å². The Bertz CT molecular complexity index is 997. The molecule has 0 saturated carbocycles. The number of carbonyl (C=O) groups is 3. The Morgan fingerprint density at radius 3 is 2.34 bits per heavy atom. The average Bonchev–Trinajstić information content (AvgIpc) is 3.20. The van der Waals surface area contributed by atoms with Crippen LogP contribution >= 0.6 is 0 Å². The highest BCUT2D eigenvalue weighted by atomic mass is 16.5. The van der Waals surface area contributed by atoms with Gasteiger partial charge in [0.15, 0.2) is 5.78 Å². The molecule has 0 N–H and O–H groups in total. The number of rotatable bonds is 6. The van der Waals surface area contributed by atoms with Crippen LogP contribution in [0.4, 0.5) is 11.4 Å². The summed E-state index contributed by atoms with van der Waals surface area (Å²) in [7, 11) is 0. The van der Waals surface area contributed by atoms with Crippen molar-refractivity contribution in [1.29, 1.82) is 0 Å². The molecule has 2 aromatic rings. The number of carbonyl (C=O) groups excluding carboxylic acids is 3. The normalized spacial score (nSPS) is 18.8. The maximum Gasteiger partial charge on any atom is 0.228 e. The van der Waals surface area contributed by atoms with Gasteiger partial charge in [0.25, 0.3) is 0 Å². The lowest BCUT2D eigenvalue weighted by molar-refractivity contribution is -0.136. The number of benzene rings is 2. The molecule has 7 nitrogen and oxygen atoms in total. The van der Waals surface area contributed by atoms with Crippen LogP contribution in [0.5, 0.6) is 5.75 Å². The van der Waals surface area contributed by atoms with Gasteiger partial charge < -0.3 is 19.4 Å². The largest absolute Gasteiger partial charge is 0.492 e. The van der Waals surface area contributed by atoms with Gasteiger partial charge in [-0.1, -0.05) is 12.1 Å².